The summed E-state index contributed by atoms with van der Waals surface area (Å²) in [7, 11) is 4.55. The van der Waals surface area contributed by atoms with Gasteiger partial charge in [0.05, 0.1) is 32.2 Å². The Morgan fingerprint density at radius 2 is 1.73 bits per heavy atom. The molecule has 0 atom stereocenters. The minimum absolute atomic E-state index is 0.178. The number of aromatic nitrogens is 2. The lowest BCUT2D eigenvalue weighted by molar-refractivity contribution is 0.238. The molecule has 0 fully saturated rings. The fraction of sp³-hybridized carbons (Fsp3) is 0.222. The zero-order valence-electron chi connectivity index (χ0n) is 14.7. The van der Waals surface area contributed by atoms with Gasteiger partial charge in [0.15, 0.2) is 11.5 Å². The van der Waals surface area contributed by atoms with E-state index in [0.717, 1.165) is 10.2 Å². The van der Waals surface area contributed by atoms with Crippen LogP contribution in [-0.4, -0.2) is 37.1 Å². The Kier molecular flexibility index (Phi) is 4.83. The van der Waals surface area contributed by atoms with Crippen molar-refractivity contribution in [2.75, 3.05) is 21.3 Å². The van der Waals surface area contributed by atoms with Crippen molar-refractivity contribution in [3.05, 3.63) is 52.3 Å². The number of aromatic amines is 1. The maximum Gasteiger partial charge on any atom is 0.343 e. The number of hydrogen-bond acceptors (Lipinski definition) is 5. The van der Waals surface area contributed by atoms with Crippen LogP contribution in [0.5, 0.6) is 17.2 Å². The summed E-state index contributed by atoms with van der Waals surface area (Å²) in [4.78, 5) is 24.7. The minimum atomic E-state index is -0.556. The molecule has 0 radical (unpaired) electrons. The molecule has 0 spiro atoms. The van der Waals surface area contributed by atoms with Gasteiger partial charge in [0.1, 0.15) is 0 Å². The summed E-state index contributed by atoms with van der Waals surface area (Å²) in [5, 5.41) is 5.94. The number of nitrogens with zero attached hydrogens (tertiary/aromatic N) is 1. The third kappa shape index (κ3) is 3.08. The molecule has 2 N–H and O–H groups in total. The number of ether oxygens (including phenoxy) is 3. The summed E-state index contributed by atoms with van der Waals surface area (Å²) >= 11 is 0. The first-order valence-electron chi connectivity index (χ1n) is 7.86. The van der Waals surface area contributed by atoms with Gasteiger partial charge in [0.2, 0.25) is 5.75 Å². The molecule has 0 bridgehead atoms. The number of H-pyrrole nitrogens is 1. The van der Waals surface area contributed by atoms with E-state index in [9.17, 15) is 9.59 Å². The van der Waals surface area contributed by atoms with E-state index in [4.69, 9.17) is 14.2 Å². The average Bonchev–Trinajstić information content (AvgIpc) is 3.02. The summed E-state index contributed by atoms with van der Waals surface area (Å²) in [6.45, 7) is 0.178. The second-order valence-corrected chi connectivity index (χ2v) is 5.49. The van der Waals surface area contributed by atoms with Crippen LogP contribution in [0.25, 0.3) is 10.9 Å². The standard InChI is InChI=1S/C18H19N3O5/c1-24-14-8-11(9-15(25-2)16(14)26-3)10-19-18(23)21-17(22)12-6-4-5-7-13(12)20-21/h4-9,20H,10H2,1-3H3,(H,19,23). The normalized spacial score (nSPS) is 10.6. The van der Waals surface area contributed by atoms with Gasteiger partial charge in [-0.05, 0) is 29.8 Å². The van der Waals surface area contributed by atoms with Crippen molar-refractivity contribution < 1.29 is 19.0 Å². The molecule has 3 rings (SSSR count). The number of rotatable bonds is 5. The van der Waals surface area contributed by atoms with E-state index in [1.165, 1.54) is 21.3 Å². The summed E-state index contributed by atoms with van der Waals surface area (Å²) in [5.74, 6) is 1.44. The third-order valence-electron chi connectivity index (χ3n) is 3.96. The zero-order chi connectivity index (χ0) is 18.7. The first kappa shape index (κ1) is 17.4. The number of methoxy groups -OCH3 is 3. The Bertz CT molecular complexity index is 980. The van der Waals surface area contributed by atoms with Crippen molar-refractivity contribution in [2.24, 2.45) is 0 Å². The SMILES string of the molecule is COc1cc(CNC(=O)n2[nH]c3ccccc3c2=O)cc(OC)c1OC. The molecule has 0 aliphatic carbocycles. The molecule has 0 saturated heterocycles. The molecule has 1 amide bonds. The first-order valence-corrected chi connectivity index (χ1v) is 7.86. The predicted octanol–water partition coefficient (Wildman–Crippen LogP) is 2.11. The largest absolute Gasteiger partial charge is 0.493 e. The molecule has 0 aliphatic heterocycles. The number of amides is 1. The lowest BCUT2D eigenvalue weighted by Gasteiger charge is -2.14. The van der Waals surface area contributed by atoms with E-state index < -0.39 is 11.6 Å². The predicted molar refractivity (Wildman–Crippen MR) is 96.3 cm³/mol. The molecule has 1 aromatic heterocycles. The Labute approximate surface area is 149 Å². The molecule has 0 unspecified atom stereocenters. The molecule has 2 aromatic carbocycles. The van der Waals surface area contributed by atoms with Gasteiger partial charge in [-0.25, -0.2) is 4.79 Å². The van der Waals surface area contributed by atoms with E-state index in [2.05, 4.69) is 10.4 Å². The van der Waals surface area contributed by atoms with Crippen LogP contribution in [-0.2, 0) is 6.54 Å². The highest BCUT2D eigenvalue weighted by Gasteiger charge is 2.15. The quantitative estimate of drug-likeness (QED) is 0.729. The fourth-order valence-electron chi connectivity index (χ4n) is 2.70. The van der Waals surface area contributed by atoms with Crippen molar-refractivity contribution in [2.45, 2.75) is 6.54 Å². The molecular formula is C18H19N3O5. The van der Waals surface area contributed by atoms with Crippen LogP contribution in [0.2, 0.25) is 0 Å². The van der Waals surface area contributed by atoms with Crippen molar-refractivity contribution in [3.63, 3.8) is 0 Å². The number of para-hydroxylation sites is 1. The van der Waals surface area contributed by atoms with E-state index >= 15 is 0 Å². The topological polar surface area (TPSA) is 94.6 Å². The molecule has 8 heteroatoms. The van der Waals surface area contributed by atoms with Gasteiger partial charge in [0.25, 0.3) is 5.56 Å². The highest BCUT2D eigenvalue weighted by Crippen LogP contribution is 2.38. The minimum Gasteiger partial charge on any atom is -0.493 e. The molecule has 0 saturated carbocycles. The summed E-state index contributed by atoms with van der Waals surface area (Å²) in [6, 6.07) is 9.84. The Morgan fingerprint density at radius 3 is 2.31 bits per heavy atom. The average molecular weight is 357 g/mol. The smallest absolute Gasteiger partial charge is 0.343 e. The van der Waals surface area contributed by atoms with Crippen LogP contribution < -0.4 is 25.1 Å². The van der Waals surface area contributed by atoms with Gasteiger partial charge in [-0.3, -0.25) is 9.89 Å². The summed E-state index contributed by atoms with van der Waals surface area (Å²) in [6.07, 6.45) is 0. The van der Waals surface area contributed by atoms with Crippen molar-refractivity contribution in [1.29, 1.82) is 0 Å². The Balaban J connectivity index is 1.83. The van der Waals surface area contributed by atoms with E-state index in [1.807, 2.05) is 0 Å². The lowest BCUT2D eigenvalue weighted by Crippen LogP contribution is -2.35. The molecular weight excluding hydrogens is 338 g/mol. The van der Waals surface area contributed by atoms with Gasteiger partial charge in [-0.15, -0.1) is 0 Å². The third-order valence-corrected chi connectivity index (χ3v) is 3.96. The lowest BCUT2D eigenvalue weighted by atomic mass is 10.2. The molecule has 3 aromatic rings. The maximum atomic E-state index is 12.4. The molecule has 26 heavy (non-hydrogen) atoms. The first-order chi connectivity index (χ1) is 12.6. The number of nitrogens with one attached hydrogen (secondary N) is 2. The number of carbonyl (C=O) groups is 1. The molecule has 0 aliphatic rings. The van der Waals surface area contributed by atoms with Crippen LogP contribution in [0, 0.1) is 0 Å². The van der Waals surface area contributed by atoms with Gasteiger partial charge < -0.3 is 19.5 Å². The second-order valence-electron chi connectivity index (χ2n) is 5.49. The van der Waals surface area contributed by atoms with Gasteiger partial charge >= 0.3 is 6.03 Å². The van der Waals surface area contributed by atoms with Gasteiger partial charge in [0, 0.05) is 6.54 Å². The van der Waals surface area contributed by atoms with Gasteiger partial charge in [-0.2, -0.15) is 4.68 Å². The number of carbonyl (C=O) groups excluding carboxylic acids is 1. The van der Waals surface area contributed by atoms with E-state index in [1.54, 1.807) is 36.4 Å². The highest BCUT2D eigenvalue weighted by atomic mass is 16.5. The second kappa shape index (κ2) is 7.22. The monoisotopic (exact) mass is 357 g/mol. The maximum absolute atomic E-state index is 12.4. The number of fused-ring (bicyclic) bond motifs is 1. The zero-order valence-corrected chi connectivity index (χ0v) is 14.7. The van der Waals surface area contributed by atoms with Crippen molar-refractivity contribution >= 4 is 16.9 Å². The van der Waals surface area contributed by atoms with Crippen LogP contribution in [0.3, 0.4) is 0 Å². The van der Waals surface area contributed by atoms with Crippen LogP contribution in [0.4, 0.5) is 4.79 Å². The molecule has 8 nitrogen and oxygen atoms in total. The van der Waals surface area contributed by atoms with Crippen molar-refractivity contribution in [1.82, 2.24) is 15.1 Å². The summed E-state index contributed by atoms with van der Waals surface area (Å²) < 4.78 is 16.8. The fourth-order valence-corrected chi connectivity index (χ4v) is 2.70. The highest BCUT2D eigenvalue weighted by molar-refractivity contribution is 5.84. The van der Waals surface area contributed by atoms with E-state index in [0.29, 0.717) is 28.2 Å². The van der Waals surface area contributed by atoms with E-state index in [-0.39, 0.29) is 6.54 Å². The van der Waals surface area contributed by atoms with Crippen LogP contribution >= 0.6 is 0 Å². The Hall–Kier alpha value is -3.42. The number of hydrogen-bond donors (Lipinski definition) is 2. The molecule has 136 valence electrons. The van der Waals surface area contributed by atoms with Gasteiger partial charge in [-0.1, -0.05) is 12.1 Å². The summed E-state index contributed by atoms with van der Waals surface area (Å²) in [5.41, 5.74) is 0.931. The molecule has 1 heterocycles. The number of benzene rings is 2. The van der Waals surface area contributed by atoms with Crippen LogP contribution in [0.15, 0.2) is 41.2 Å². The Morgan fingerprint density at radius 1 is 1.08 bits per heavy atom. The van der Waals surface area contributed by atoms with Crippen molar-refractivity contribution in [3.8, 4) is 17.2 Å². The van der Waals surface area contributed by atoms with Crippen LogP contribution in [0.1, 0.15) is 5.56 Å².